The summed E-state index contributed by atoms with van der Waals surface area (Å²) in [5.74, 6) is 1.49. The van der Waals surface area contributed by atoms with Crippen molar-refractivity contribution >= 4 is 33.1 Å². The van der Waals surface area contributed by atoms with Crippen molar-refractivity contribution in [3.8, 4) is 17.1 Å². The van der Waals surface area contributed by atoms with Crippen LogP contribution in [0.2, 0.25) is 0 Å². The lowest BCUT2D eigenvalue weighted by Gasteiger charge is -2.11. The van der Waals surface area contributed by atoms with Gasteiger partial charge in [-0.15, -0.1) is 11.3 Å². The van der Waals surface area contributed by atoms with Crippen molar-refractivity contribution < 1.29 is 5.11 Å². The second-order valence-electron chi connectivity index (χ2n) is 6.07. The number of aromatic hydroxyl groups is 1. The number of hydrogen-bond donors (Lipinski definition) is 2. The highest BCUT2D eigenvalue weighted by atomic mass is 32.1. The molecule has 0 radical (unpaired) electrons. The lowest BCUT2D eigenvalue weighted by Crippen LogP contribution is -1.99. The minimum atomic E-state index is 0.191. The van der Waals surface area contributed by atoms with Gasteiger partial charge < -0.3 is 10.4 Å². The molecule has 0 saturated carbocycles. The second-order valence-corrected chi connectivity index (χ2v) is 7.18. The molecular weight excluding hydrogens is 344 g/mol. The van der Waals surface area contributed by atoms with Crippen LogP contribution in [0.1, 0.15) is 17.4 Å². The van der Waals surface area contributed by atoms with Gasteiger partial charge in [0.25, 0.3) is 0 Å². The quantitative estimate of drug-likeness (QED) is 0.496. The van der Waals surface area contributed by atoms with Gasteiger partial charge in [-0.2, -0.15) is 0 Å². The zero-order valence-corrected chi connectivity index (χ0v) is 15.3. The number of nitrogens with one attached hydrogen (secondary N) is 1. The summed E-state index contributed by atoms with van der Waals surface area (Å²) in [4.78, 5) is 15.8. The van der Waals surface area contributed by atoms with Crippen LogP contribution in [0, 0.1) is 6.92 Å². The molecule has 1 aromatic carbocycles. The molecule has 26 heavy (non-hydrogen) atoms. The Labute approximate surface area is 155 Å². The smallest absolute Gasteiger partial charge is 0.164 e. The summed E-state index contributed by atoms with van der Waals surface area (Å²) >= 11 is 1.66. The number of hydrogen-bond acceptors (Lipinski definition) is 6. The zero-order chi connectivity index (χ0) is 18.1. The van der Waals surface area contributed by atoms with E-state index in [1.165, 1.54) is 4.88 Å². The first-order valence-electron chi connectivity index (χ1n) is 8.41. The molecule has 0 aliphatic carbocycles. The summed E-state index contributed by atoms with van der Waals surface area (Å²) < 4.78 is 0. The van der Waals surface area contributed by atoms with E-state index in [1.807, 2.05) is 31.2 Å². The van der Waals surface area contributed by atoms with E-state index in [1.54, 1.807) is 29.8 Å². The van der Waals surface area contributed by atoms with Crippen molar-refractivity contribution in [1.29, 1.82) is 0 Å². The Bertz CT molecular complexity index is 1080. The normalized spacial score (nSPS) is 11.0. The fourth-order valence-electron chi connectivity index (χ4n) is 2.74. The van der Waals surface area contributed by atoms with E-state index in [9.17, 15) is 5.11 Å². The summed E-state index contributed by atoms with van der Waals surface area (Å²) in [5.41, 5.74) is 2.55. The van der Waals surface area contributed by atoms with Crippen LogP contribution >= 0.6 is 11.3 Å². The molecule has 0 amide bonds. The number of phenolic OH excluding ortho intramolecular Hbond substituents is 1. The molecule has 0 unspecified atom stereocenters. The Kier molecular flexibility index (Phi) is 4.26. The molecule has 3 heterocycles. The van der Waals surface area contributed by atoms with Gasteiger partial charge in [-0.05, 0) is 49.2 Å². The predicted molar refractivity (Wildman–Crippen MR) is 106 cm³/mol. The second kappa shape index (κ2) is 6.72. The maximum absolute atomic E-state index is 10.2. The van der Waals surface area contributed by atoms with Crippen molar-refractivity contribution in [2.75, 3.05) is 5.32 Å². The first-order chi connectivity index (χ1) is 12.6. The SMILES string of the molecule is CCc1cc2c(Nc3cc(C)ccc3O)nc(-c3cccnc3)nc2s1. The number of thiophene rings is 1. The predicted octanol–water partition coefficient (Wildman–Crippen LogP) is 5.07. The van der Waals surface area contributed by atoms with Crippen LogP contribution in [0.3, 0.4) is 0 Å². The molecule has 2 N–H and O–H groups in total. The average molecular weight is 362 g/mol. The molecule has 0 atom stereocenters. The van der Waals surface area contributed by atoms with Crippen LogP contribution in [0.4, 0.5) is 11.5 Å². The molecule has 5 nitrogen and oxygen atoms in total. The number of nitrogens with zero attached hydrogens (tertiary/aromatic N) is 3. The molecule has 4 aromatic rings. The topological polar surface area (TPSA) is 70.9 Å². The minimum Gasteiger partial charge on any atom is -0.506 e. The van der Waals surface area contributed by atoms with Crippen molar-refractivity contribution in [3.05, 3.63) is 59.2 Å². The third kappa shape index (κ3) is 3.11. The Morgan fingerprint density at radius 3 is 2.81 bits per heavy atom. The monoisotopic (exact) mass is 362 g/mol. The maximum atomic E-state index is 10.2. The average Bonchev–Trinajstić information content (AvgIpc) is 3.09. The number of fused-ring (bicyclic) bond motifs is 1. The molecular formula is C20H18N4OS. The van der Waals surface area contributed by atoms with Gasteiger partial charge in [0.2, 0.25) is 0 Å². The fraction of sp³-hybridized carbons (Fsp3) is 0.150. The van der Waals surface area contributed by atoms with Gasteiger partial charge in [-0.3, -0.25) is 4.98 Å². The Hall–Kier alpha value is -2.99. The van der Waals surface area contributed by atoms with Gasteiger partial charge in [0, 0.05) is 22.8 Å². The zero-order valence-electron chi connectivity index (χ0n) is 14.5. The van der Waals surface area contributed by atoms with Crippen molar-refractivity contribution in [1.82, 2.24) is 15.0 Å². The standard InChI is InChI=1S/C20H18N4OS/c1-3-14-10-15-19(22-16-9-12(2)6-7-17(16)25)23-18(24-20(15)26-14)13-5-4-8-21-11-13/h4-11,25H,3H2,1-2H3,(H,22,23,24). The van der Waals surface area contributed by atoms with Gasteiger partial charge in [-0.25, -0.2) is 9.97 Å². The van der Waals surface area contributed by atoms with Gasteiger partial charge in [0.05, 0.1) is 11.1 Å². The van der Waals surface area contributed by atoms with Gasteiger partial charge in [0.15, 0.2) is 5.82 Å². The van der Waals surface area contributed by atoms with E-state index in [-0.39, 0.29) is 5.75 Å². The Morgan fingerprint density at radius 2 is 2.04 bits per heavy atom. The summed E-state index contributed by atoms with van der Waals surface area (Å²) in [5, 5.41) is 14.4. The Morgan fingerprint density at radius 1 is 1.15 bits per heavy atom. The molecule has 130 valence electrons. The highest BCUT2D eigenvalue weighted by Gasteiger charge is 2.14. The van der Waals surface area contributed by atoms with E-state index < -0.39 is 0 Å². The fourth-order valence-corrected chi connectivity index (χ4v) is 3.71. The van der Waals surface area contributed by atoms with E-state index in [4.69, 9.17) is 9.97 Å². The summed E-state index contributed by atoms with van der Waals surface area (Å²) in [7, 11) is 0. The molecule has 0 saturated heterocycles. The maximum Gasteiger partial charge on any atom is 0.164 e. The number of anilines is 2. The van der Waals surface area contributed by atoms with E-state index >= 15 is 0 Å². The number of aryl methyl sites for hydroxylation is 2. The highest BCUT2D eigenvalue weighted by molar-refractivity contribution is 7.18. The largest absolute Gasteiger partial charge is 0.506 e. The van der Waals surface area contributed by atoms with Crippen LogP contribution in [-0.2, 0) is 6.42 Å². The van der Waals surface area contributed by atoms with Gasteiger partial charge in [0.1, 0.15) is 16.4 Å². The van der Waals surface area contributed by atoms with Crippen molar-refractivity contribution in [3.63, 3.8) is 0 Å². The number of benzene rings is 1. The van der Waals surface area contributed by atoms with Crippen molar-refractivity contribution in [2.24, 2.45) is 0 Å². The van der Waals surface area contributed by atoms with E-state index in [2.05, 4.69) is 23.3 Å². The Balaban J connectivity index is 1.88. The highest BCUT2D eigenvalue weighted by Crippen LogP contribution is 2.35. The molecule has 0 aliphatic heterocycles. The van der Waals surface area contributed by atoms with E-state index in [0.717, 1.165) is 27.8 Å². The summed E-state index contributed by atoms with van der Waals surface area (Å²) in [6.45, 7) is 4.11. The number of rotatable bonds is 4. The lowest BCUT2D eigenvalue weighted by molar-refractivity contribution is 0.477. The third-order valence-corrected chi connectivity index (χ3v) is 5.29. The summed E-state index contributed by atoms with van der Waals surface area (Å²) in [6, 6.07) is 11.4. The molecule has 0 bridgehead atoms. The first-order valence-corrected chi connectivity index (χ1v) is 9.23. The molecule has 0 aliphatic rings. The molecule has 0 spiro atoms. The van der Waals surface area contributed by atoms with Gasteiger partial charge in [-0.1, -0.05) is 13.0 Å². The van der Waals surface area contributed by atoms with Crippen LogP contribution in [-0.4, -0.2) is 20.1 Å². The van der Waals surface area contributed by atoms with Gasteiger partial charge >= 0.3 is 0 Å². The van der Waals surface area contributed by atoms with Crippen molar-refractivity contribution in [2.45, 2.75) is 20.3 Å². The third-order valence-electron chi connectivity index (χ3n) is 4.12. The molecule has 4 rings (SSSR count). The number of phenols is 1. The minimum absolute atomic E-state index is 0.191. The number of pyridine rings is 1. The van der Waals surface area contributed by atoms with Crippen LogP contribution in [0.25, 0.3) is 21.6 Å². The number of aromatic nitrogens is 3. The summed E-state index contributed by atoms with van der Waals surface area (Å²) in [6.07, 6.45) is 4.42. The molecule has 3 aromatic heterocycles. The van der Waals surface area contributed by atoms with E-state index in [0.29, 0.717) is 17.3 Å². The molecule has 6 heteroatoms. The first kappa shape index (κ1) is 16.5. The van der Waals surface area contributed by atoms with Crippen LogP contribution in [0.15, 0.2) is 48.8 Å². The molecule has 0 fully saturated rings. The lowest BCUT2D eigenvalue weighted by atomic mass is 10.2. The van der Waals surface area contributed by atoms with Crippen LogP contribution in [0.5, 0.6) is 5.75 Å². The van der Waals surface area contributed by atoms with Crippen LogP contribution < -0.4 is 5.32 Å².